The molecule has 1 aromatic rings. The highest BCUT2D eigenvalue weighted by atomic mass is 32.2. The predicted octanol–water partition coefficient (Wildman–Crippen LogP) is 1.88. The van der Waals surface area contributed by atoms with E-state index < -0.39 is 0 Å². The van der Waals surface area contributed by atoms with E-state index in [1.165, 1.54) is 0 Å². The molecule has 5 heteroatoms. The van der Waals surface area contributed by atoms with Gasteiger partial charge in [-0.1, -0.05) is 13.8 Å². The van der Waals surface area contributed by atoms with Crippen LogP contribution in [0.15, 0.2) is 11.1 Å². The molecule has 1 heterocycles. The van der Waals surface area contributed by atoms with Crippen LogP contribution in [0, 0.1) is 11.3 Å². The first-order chi connectivity index (χ1) is 6.65. The van der Waals surface area contributed by atoms with Crippen molar-refractivity contribution in [1.82, 2.24) is 9.78 Å². The summed E-state index contributed by atoms with van der Waals surface area (Å²) in [6.07, 6.45) is 2.20. The van der Waals surface area contributed by atoms with Gasteiger partial charge in [-0.3, -0.25) is 0 Å². The molecule has 1 aromatic heterocycles. The number of hydrogen-bond donors (Lipinski definition) is 1. The summed E-state index contributed by atoms with van der Waals surface area (Å²) in [6.45, 7) is 4.79. The number of nitriles is 1. The first-order valence-electron chi connectivity index (χ1n) is 4.50. The minimum atomic E-state index is 0.442. The molecular formula is C9H14N4S. The topological polar surface area (TPSA) is 67.6 Å². The lowest BCUT2D eigenvalue weighted by Crippen LogP contribution is -2.04. The molecule has 0 spiro atoms. The third-order valence-corrected chi connectivity index (χ3v) is 2.68. The third-order valence-electron chi connectivity index (χ3n) is 1.64. The van der Waals surface area contributed by atoms with Crippen molar-refractivity contribution in [3.8, 4) is 6.07 Å². The first-order valence-corrected chi connectivity index (χ1v) is 5.38. The van der Waals surface area contributed by atoms with E-state index in [9.17, 15) is 0 Å². The van der Waals surface area contributed by atoms with Gasteiger partial charge in [-0.05, 0) is 0 Å². The molecule has 0 unspecified atom stereocenters. The van der Waals surface area contributed by atoms with Crippen molar-refractivity contribution in [1.29, 1.82) is 5.26 Å². The Morgan fingerprint density at radius 1 is 1.71 bits per heavy atom. The van der Waals surface area contributed by atoms with E-state index in [1.54, 1.807) is 22.6 Å². The van der Waals surface area contributed by atoms with E-state index in [2.05, 4.69) is 25.0 Å². The van der Waals surface area contributed by atoms with Gasteiger partial charge in [-0.2, -0.15) is 10.4 Å². The summed E-state index contributed by atoms with van der Waals surface area (Å²) in [5.41, 5.74) is 5.86. The molecule has 0 aliphatic rings. The Morgan fingerprint density at radius 3 is 3.00 bits per heavy atom. The Labute approximate surface area is 88.1 Å². The van der Waals surface area contributed by atoms with Crippen LogP contribution in [0.3, 0.4) is 0 Å². The second-order valence-electron chi connectivity index (χ2n) is 3.19. The molecule has 0 aliphatic carbocycles. The molecule has 2 N–H and O–H groups in total. The number of rotatable bonds is 4. The summed E-state index contributed by atoms with van der Waals surface area (Å²) in [6, 6.07) is 2.07. The lowest BCUT2D eigenvalue weighted by Gasteiger charge is -2.04. The lowest BCUT2D eigenvalue weighted by molar-refractivity contribution is 0.636. The van der Waals surface area contributed by atoms with Gasteiger partial charge in [0.25, 0.3) is 0 Å². The molecule has 0 radical (unpaired) electrons. The van der Waals surface area contributed by atoms with Crippen LogP contribution in [-0.4, -0.2) is 15.0 Å². The molecule has 0 aromatic carbocycles. The molecule has 0 amide bonds. The number of nitrogens with zero attached hydrogens (tertiary/aromatic N) is 3. The Morgan fingerprint density at radius 2 is 2.43 bits per heavy atom. The minimum Gasteiger partial charge on any atom is -0.383 e. The van der Waals surface area contributed by atoms with Crippen LogP contribution in [0.5, 0.6) is 0 Å². The van der Waals surface area contributed by atoms with Crippen LogP contribution < -0.4 is 5.73 Å². The van der Waals surface area contributed by atoms with Crippen LogP contribution >= 0.6 is 11.8 Å². The standard InChI is InChI=1S/C9H14N4S/c1-7(2)14-8-6-12-13(9(8)11)5-3-4-10/h6-7H,3,5,11H2,1-2H3. The maximum absolute atomic E-state index is 8.43. The number of anilines is 1. The Hall–Kier alpha value is -1.15. The highest BCUT2D eigenvalue weighted by molar-refractivity contribution is 8.00. The van der Waals surface area contributed by atoms with Gasteiger partial charge in [0.2, 0.25) is 0 Å². The Bertz CT molecular complexity index is 337. The quantitative estimate of drug-likeness (QED) is 0.770. The van der Waals surface area contributed by atoms with E-state index in [4.69, 9.17) is 11.0 Å². The van der Waals surface area contributed by atoms with Crippen molar-refractivity contribution in [3.63, 3.8) is 0 Å². The summed E-state index contributed by atoms with van der Waals surface area (Å²) >= 11 is 1.69. The van der Waals surface area contributed by atoms with E-state index in [-0.39, 0.29) is 0 Å². The molecule has 0 bridgehead atoms. The Kier molecular flexibility index (Phi) is 3.84. The average molecular weight is 210 g/mol. The van der Waals surface area contributed by atoms with Gasteiger partial charge in [0.15, 0.2) is 0 Å². The van der Waals surface area contributed by atoms with Crippen molar-refractivity contribution < 1.29 is 0 Å². The Balaban J connectivity index is 2.71. The highest BCUT2D eigenvalue weighted by Gasteiger charge is 2.08. The summed E-state index contributed by atoms with van der Waals surface area (Å²) in [5.74, 6) is 0.666. The van der Waals surface area contributed by atoms with Gasteiger partial charge >= 0.3 is 0 Å². The van der Waals surface area contributed by atoms with Gasteiger partial charge < -0.3 is 5.73 Å². The number of nitrogen functional groups attached to an aromatic ring is 1. The second-order valence-corrected chi connectivity index (χ2v) is 4.81. The smallest absolute Gasteiger partial charge is 0.135 e. The zero-order chi connectivity index (χ0) is 10.6. The summed E-state index contributed by atoms with van der Waals surface area (Å²) in [4.78, 5) is 0.998. The number of nitrogens with two attached hydrogens (primary N) is 1. The van der Waals surface area contributed by atoms with Gasteiger partial charge in [0, 0.05) is 5.25 Å². The molecule has 0 saturated carbocycles. The van der Waals surface area contributed by atoms with Crippen molar-refractivity contribution >= 4 is 17.6 Å². The fourth-order valence-electron chi connectivity index (χ4n) is 1.06. The molecule has 4 nitrogen and oxygen atoms in total. The highest BCUT2D eigenvalue weighted by Crippen LogP contribution is 2.27. The molecule has 0 aliphatic heterocycles. The average Bonchev–Trinajstić information content (AvgIpc) is 2.45. The maximum Gasteiger partial charge on any atom is 0.135 e. The van der Waals surface area contributed by atoms with Crippen LogP contribution in [0.1, 0.15) is 20.3 Å². The molecule has 14 heavy (non-hydrogen) atoms. The predicted molar refractivity (Wildman–Crippen MR) is 57.9 cm³/mol. The molecule has 0 saturated heterocycles. The van der Waals surface area contributed by atoms with E-state index in [1.807, 2.05) is 0 Å². The fraction of sp³-hybridized carbons (Fsp3) is 0.556. The first kappa shape index (κ1) is 10.9. The van der Waals surface area contributed by atoms with Crippen molar-refractivity contribution in [2.45, 2.75) is 37.0 Å². The van der Waals surface area contributed by atoms with Crippen LogP contribution in [0.25, 0.3) is 0 Å². The SMILES string of the molecule is CC(C)Sc1cnn(CCC#N)c1N. The largest absolute Gasteiger partial charge is 0.383 e. The van der Waals surface area contributed by atoms with Gasteiger partial charge in [0.05, 0.1) is 30.1 Å². The van der Waals surface area contributed by atoms with Crippen LogP contribution in [0.4, 0.5) is 5.82 Å². The van der Waals surface area contributed by atoms with Gasteiger partial charge in [0.1, 0.15) is 5.82 Å². The van der Waals surface area contributed by atoms with Crippen molar-refractivity contribution in [3.05, 3.63) is 6.20 Å². The van der Waals surface area contributed by atoms with E-state index >= 15 is 0 Å². The monoisotopic (exact) mass is 210 g/mol. The zero-order valence-corrected chi connectivity index (χ0v) is 9.21. The third kappa shape index (κ3) is 2.67. The van der Waals surface area contributed by atoms with E-state index in [0.717, 1.165) is 4.90 Å². The van der Waals surface area contributed by atoms with Gasteiger partial charge in [-0.15, -0.1) is 11.8 Å². The van der Waals surface area contributed by atoms with Crippen LogP contribution in [-0.2, 0) is 6.54 Å². The lowest BCUT2D eigenvalue weighted by atomic mass is 10.5. The second kappa shape index (κ2) is 4.91. The van der Waals surface area contributed by atoms with Crippen LogP contribution in [0.2, 0.25) is 0 Å². The van der Waals surface area contributed by atoms with E-state index in [0.29, 0.717) is 24.0 Å². The minimum absolute atomic E-state index is 0.442. The number of thioether (sulfide) groups is 1. The maximum atomic E-state index is 8.43. The molecule has 0 atom stereocenters. The summed E-state index contributed by atoms with van der Waals surface area (Å²) < 4.78 is 1.67. The molecular weight excluding hydrogens is 196 g/mol. The fourth-order valence-corrected chi connectivity index (χ4v) is 1.90. The molecule has 1 rings (SSSR count). The number of aryl methyl sites for hydroxylation is 1. The number of aromatic nitrogens is 2. The molecule has 0 fully saturated rings. The summed E-state index contributed by atoms with van der Waals surface area (Å²) in [5, 5.41) is 13.1. The van der Waals surface area contributed by atoms with Gasteiger partial charge in [-0.25, -0.2) is 4.68 Å². The normalized spacial score (nSPS) is 10.4. The summed E-state index contributed by atoms with van der Waals surface area (Å²) in [7, 11) is 0. The number of hydrogen-bond acceptors (Lipinski definition) is 4. The zero-order valence-electron chi connectivity index (χ0n) is 8.40. The van der Waals surface area contributed by atoms with Crippen molar-refractivity contribution in [2.24, 2.45) is 0 Å². The molecule has 76 valence electrons. The van der Waals surface area contributed by atoms with Crippen molar-refractivity contribution in [2.75, 3.05) is 5.73 Å².